The molecule has 4 aromatic heterocycles. The zero-order valence-electron chi connectivity index (χ0n) is 18.8. The lowest BCUT2D eigenvalue weighted by atomic mass is 10.1. The van der Waals surface area contributed by atoms with E-state index in [1.165, 1.54) is 5.56 Å². The molecule has 0 radical (unpaired) electrons. The van der Waals surface area contributed by atoms with Crippen LogP contribution in [0.2, 0.25) is 0 Å². The van der Waals surface area contributed by atoms with Crippen molar-refractivity contribution in [2.75, 3.05) is 36.0 Å². The van der Waals surface area contributed by atoms with E-state index in [1.54, 1.807) is 0 Å². The number of fused-ring (bicyclic) bond motifs is 1. The van der Waals surface area contributed by atoms with Gasteiger partial charge < -0.3 is 9.80 Å². The third-order valence-corrected chi connectivity index (χ3v) is 6.29. The molecule has 5 aromatic rings. The summed E-state index contributed by atoms with van der Waals surface area (Å²) in [6.07, 6.45) is 10.5. The fraction of sp³-hybridized carbons (Fsp3) is 0.185. The minimum absolute atomic E-state index is 0.799. The van der Waals surface area contributed by atoms with Crippen molar-refractivity contribution in [3.63, 3.8) is 0 Å². The van der Waals surface area contributed by atoms with E-state index in [0.717, 1.165) is 66.6 Å². The summed E-state index contributed by atoms with van der Waals surface area (Å²) in [5.41, 5.74) is 5.75. The molecule has 0 unspecified atom stereocenters. The van der Waals surface area contributed by atoms with Crippen molar-refractivity contribution in [3.05, 3.63) is 103 Å². The van der Waals surface area contributed by atoms with E-state index in [-0.39, 0.29) is 0 Å². The molecule has 1 aliphatic rings. The summed E-state index contributed by atoms with van der Waals surface area (Å²) in [5, 5.41) is 4.85. The van der Waals surface area contributed by atoms with Crippen LogP contribution in [0, 0.1) is 0 Å². The molecule has 0 N–H and O–H groups in total. The molecule has 168 valence electrons. The van der Waals surface area contributed by atoms with Gasteiger partial charge in [0.15, 0.2) is 5.82 Å². The molecule has 5 heterocycles. The summed E-state index contributed by atoms with van der Waals surface area (Å²) < 4.78 is 1.96. The Morgan fingerprint density at radius 1 is 0.706 bits per heavy atom. The molecule has 1 fully saturated rings. The molecule has 1 saturated heterocycles. The van der Waals surface area contributed by atoms with Crippen LogP contribution in [0.1, 0.15) is 11.1 Å². The zero-order chi connectivity index (χ0) is 22.7. The first-order valence-electron chi connectivity index (χ1n) is 11.6. The van der Waals surface area contributed by atoms with Gasteiger partial charge >= 0.3 is 0 Å². The lowest BCUT2D eigenvalue weighted by Crippen LogP contribution is -2.47. The second kappa shape index (κ2) is 8.94. The fourth-order valence-corrected chi connectivity index (χ4v) is 4.41. The summed E-state index contributed by atoms with van der Waals surface area (Å²) in [7, 11) is 0. The Labute approximate surface area is 198 Å². The Bertz CT molecular complexity index is 1370. The number of hydrogen-bond acceptors (Lipinski definition) is 6. The topological polar surface area (TPSA) is 62.5 Å². The number of benzene rings is 1. The van der Waals surface area contributed by atoms with Gasteiger partial charge in [-0.15, -0.1) is 0 Å². The van der Waals surface area contributed by atoms with E-state index in [1.807, 2.05) is 47.5 Å². The minimum Gasteiger partial charge on any atom is -0.352 e. The van der Waals surface area contributed by atoms with Gasteiger partial charge in [-0.25, -0.2) is 14.5 Å². The molecule has 0 atom stereocenters. The number of anilines is 2. The Hall–Kier alpha value is -4.26. The first kappa shape index (κ1) is 20.4. The third-order valence-electron chi connectivity index (χ3n) is 6.29. The normalized spacial score (nSPS) is 14.0. The molecule has 0 aliphatic carbocycles. The van der Waals surface area contributed by atoms with Crippen molar-refractivity contribution < 1.29 is 0 Å². The van der Waals surface area contributed by atoms with Gasteiger partial charge in [0.05, 0.1) is 5.52 Å². The van der Waals surface area contributed by atoms with E-state index >= 15 is 0 Å². The molecule has 0 saturated carbocycles. The maximum Gasteiger partial charge on any atom is 0.225 e. The van der Waals surface area contributed by atoms with Crippen molar-refractivity contribution in [1.82, 2.24) is 24.6 Å². The standard InChI is InChI=1S/C27H25N7/c1-2-4-21(5-3-1)16-22-18-29-27(30-19-22)33-14-12-32(13-15-33)26-17-25-7-6-24(20-34(25)31-26)23-8-10-28-11-9-23/h1-11,17-20H,12-16H2. The Morgan fingerprint density at radius 3 is 2.21 bits per heavy atom. The predicted octanol–water partition coefficient (Wildman–Crippen LogP) is 4.10. The second-order valence-electron chi connectivity index (χ2n) is 8.55. The highest BCUT2D eigenvalue weighted by atomic mass is 15.4. The molecular weight excluding hydrogens is 422 g/mol. The monoisotopic (exact) mass is 447 g/mol. The van der Waals surface area contributed by atoms with Gasteiger partial charge in [0.1, 0.15) is 0 Å². The molecule has 0 bridgehead atoms. The number of hydrogen-bond donors (Lipinski definition) is 0. The number of piperazine rings is 1. The SMILES string of the molecule is c1ccc(Cc2cnc(N3CCN(c4cc5ccc(-c6ccncc6)cn5n4)CC3)nc2)cc1. The first-order valence-corrected chi connectivity index (χ1v) is 11.6. The number of rotatable bonds is 5. The highest BCUT2D eigenvalue weighted by Crippen LogP contribution is 2.23. The van der Waals surface area contributed by atoms with Crippen LogP contribution < -0.4 is 9.80 Å². The van der Waals surface area contributed by atoms with E-state index in [9.17, 15) is 0 Å². The van der Waals surface area contributed by atoms with Crippen LogP contribution in [-0.2, 0) is 6.42 Å². The molecule has 1 aliphatic heterocycles. The van der Waals surface area contributed by atoms with Gasteiger partial charge in [-0.3, -0.25) is 4.98 Å². The van der Waals surface area contributed by atoms with Gasteiger partial charge in [-0.1, -0.05) is 36.4 Å². The van der Waals surface area contributed by atoms with Crippen LogP contribution in [0.5, 0.6) is 0 Å². The summed E-state index contributed by atoms with van der Waals surface area (Å²) in [6, 6.07) is 20.9. The highest BCUT2D eigenvalue weighted by Gasteiger charge is 2.21. The molecule has 0 amide bonds. The van der Waals surface area contributed by atoms with Gasteiger partial charge in [0.25, 0.3) is 0 Å². The summed E-state index contributed by atoms with van der Waals surface area (Å²) in [4.78, 5) is 18.0. The molecule has 7 heteroatoms. The van der Waals surface area contributed by atoms with E-state index in [0.29, 0.717) is 0 Å². The van der Waals surface area contributed by atoms with E-state index in [2.05, 4.69) is 73.4 Å². The van der Waals surface area contributed by atoms with Crippen molar-refractivity contribution in [2.24, 2.45) is 0 Å². The van der Waals surface area contributed by atoms with Gasteiger partial charge in [0.2, 0.25) is 5.95 Å². The van der Waals surface area contributed by atoms with Crippen LogP contribution in [0.25, 0.3) is 16.6 Å². The molecule has 6 rings (SSSR count). The van der Waals surface area contributed by atoms with Gasteiger partial charge in [-0.2, -0.15) is 5.10 Å². The lowest BCUT2D eigenvalue weighted by molar-refractivity contribution is 0.632. The van der Waals surface area contributed by atoms with Crippen molar-refractivity contribution in [2.45, 2.75) is 6.42 Å². The Kier molecular flexibility index (Phi) is 5.35. The third kappa shape index (κ3) is 4.20. The predicted molar refractivity (Wildman–Crippen MR) is 134 cm³/mol. The van der Waals surface area contributed by atoms with Gasteiger partial charge in [-0.05, 0) is 34.9 Å². The minimum atomic E-state index is 0.799. The first-order chi connectivity index (χ1) is 16.8. The van der Waals surface area contributed by atoms with Crippen molar-refractivity contribution >= 4 is 17.3 Å². The summed E-state index contributed by atoms with van der Waals surface area (Å²) in [6.45, 7) is 3.51. The highest BCUT2D eigenvalue weighted by molar-refractivity contribution is 5.66. The number of aromatic nitrogens is 5. The molecule has 7 nitrogen and oxygen atoms in total. The Balaban J connectivity index is 1.11. The molecule has 34 heavy (non-hydrogen) atoms. The van der Waals surface area contributed by atoms with Crippen LogP contribution >= 0.6 is 0 Å². The Morgan fingerprint density at radius 2 is 1.44 bits per heavy atom. The fourth-order valence-electron chi connectivity index (χ4n) is 4.41. The van der Waals surface area contributed by atoms with Crippen LogP contribution in [0.15, 0.2) is 91.6 Å². The van der Waals surface area contributed by atoms with Crippen LogP contribution in [0.4, 0.5) is 11.8 Å². The number of pyridine rings is 2. The quantitative estimate of drug-likeness (QED) is 0.404. The van der Waals surface area contributed by atoms with Gasteiger partial charge in [0, 0.05) is 75.2 Å². The van der Waals surface area contributed by atoms with Crippen LogP contribution in [-0.4, -0.2) is 50.7 Å². The largest absolute Gasteiger partial charge is 0.352 e. The number of nitrogens with zero attached hydrogens (tertiary/aromatic N) is 7. The molecule has 1 aromatic carbocycles. The van der Waals surface area contributed by atoms with E-state index in [4.69, 9.17) is 5.10 Å². The maximum atomic E-state index is 4.85. The maximum absolute atomic E-state index is 4.85. The molecule has 0 spiro atoms. The summed E-state index contributed by atoms with van der Waals surface area (Å²) >= 11 is 0. The average molecular weight is 448 g/mol. The second-order valence-corrected chi connectivity index (χ2v) is 8.55. The van der Waals surface area contributed by atoms with Crippen molar-refractivity contribution in [1.29, 1.82) is 0 Å². The van der Waals surface area contributed by atoms with E-state index < -0.39 is 0 Å². The van der Waals surface area contributed by atoms with Crippen molar-refractivity contribution in [3.8, 4) is 11.1 Å². The summed E-state index contributed by atoms with van der Waals surface area (Å²) in [5.74, 6) is 1.80. The molecular formula is C27H25N7. The average Bonchev–Trinajstić information content (AvgIpc) is 3.34. The zero-order valence-corrected chi connectivity index (χ0v) is 18.8. The van der Waals surface area contributed by atoms with Crippen LogP contribution in [0.3, 0.4) is 0 Å². The smallest absolute Gasteiger partial charge is 0.225 e. The lowest BCUT2D eigenvalue weighted by Gasteiger charge is -2.34.